The molecule has 0 heterocycles. The number of aliphatic hydroxyl groups excluding tert-OH is 5. The van der Waals surface area contributed by atoms with Crippen molar-refractivity contribution in [2.45, 2.75) is 217 Å². The summed E-state index contributed by atoms with van der Waals surface area (Å²) in [5, 5.41) is 50.0. The largest absolute Gasteiger partial charge is 0.472 e. The molecule has 0 amide bonds. The molecule has 0 saturated heterocycles. The fourth-order valence-electron chi connectivity index (χ4n) is 6.39. The predicted octanol–water partition coefficient (Wildman–Crippen LogP) is 7.11. The Kier molecular flexibility index (Phi) is 29.7. The Bertz CT molecular complexity index is 1010. The summed E-state index contributed by atoms with van der Waals surface area (Å²) in [5.74, 6) is -1.11. The van der Waals surface area contributed by atoms with Crippen LogP contribution in [0.3, 0.4) is 0 Å². The number of carbonyl (C=O) groups is 2. The van der Waals surface area contributed by atoms with Gasteiger partial charge in [0.1, 0.15) is 43.2 Å². The van der Waals surface area contributed by atoms with E-state index in [4.69, 9.17) is 18.5 Å². The number of hydrogen-bond donors (Lipinski definition) is 6. The second-order valence-electron chi connectivity index (χ2n) is 14.8. The van der Waals surface area contributed by atoms with E-state index in [1.807, 2.05) is 0 Å². The quantitative estimate of drug-likeness (QED) is 0.0166. The number of phosphoric ester groups is 1. The maximum Gasteiger partial charge on any atom is 0.472 e. The van der Waals surface area contributed by atoms with Gasteiger partial charge in [0.15, 0.2) is 6.10 Å². The molecule has 0 aromatic carbocycles. The van der Waals surface area contributed by atoms with Gasteiger partial charge in [-0.25, -0.2) is 4.57 Å². The Labute approximate surface area is 324 Å². The van der Waals surface area contributed by atoms with Gasteiger partial charge < -0.3 is 39.9 Å². The molecule has 13 nitrogen and oxygen atoms in total. The van der Waals surface area contributed by atoms with Crippen LogP contribution in [0.5, 0.6) is 0 Å². The third-order valence-corrected chi connectivity index (χ3v) is 10.8. The lowest BCUT2D eigenvalue weighted by molar-refractivity contribution is -0.220. The molecule has 0 aliphatic heterocycles. The zero-order chi connectivity index (χ0) is 40.0. The van der Waals surface area contributed by atoms with Crippen LogP contribution in [0.25, 0.3) is 0 Å². The van der Waals surface area contributed by atoms with Gasteiger partial charge in [-0.15, -0.1) is 0 Å². The molecule has 0 aromatic rings. The molecule has 1 aliphatic rings. The Hall–Kier alpha value is -1.41. The van der Waals surface area contributed by atoms with Crippen molar-refractivity contribution in [3.8, 4) is 0 Å². The van der Waals surface area contributed by atoms with E-state index in [2.05, 4.69) is 26.0 Å². The molecule has 0 bridgehead atoms. The normalized spacial score (nSPS) is 23.3. The van der Waals surface area contributed by atoms with Gasteiger partial charge in [0.05, 0.1) is 6.61 Å². The molecule has 54 heavy (non-hydrogen) atoms. The van der Waals surface area contributed by atoms with E-state index in [0.29, 0.717) is 12.8 Å². The monoisotopic (exact) mass is 794 g/mol. The van der Waals surface area contributed by atoms with Crippen molar-refractivity contribution in [3.05, 3.63) is 12.2 Å². The minimum absolute atomic E-state index is 0.100. The van der Waals surface area contributed by atoms with E-state index in [0.717, 1.165) is 57.8 Å². The highest BCUT2D eigenvalue weighted by atomic mass is 31.2. The van der Waals surface area contributed by atoms with Crippen molar-refractivity contribution in [2.75, 3.05) is 13.2 Å². The Morgan fingerprint density at radius 2 is 0.963 bits per heavy atom. The van der Waals surface area contributed by atoms with Gasteiger partial charge in [0.2, 0.25) is 0 Å². The Morgan fingerprint density at radius 1 is 0.556 bits per heavy atom. The molecule has 0 radical (unpaired) electrons. The second kappa shape index (κ2) is 31.6. The third kappa shape index (κ3) is 24.3. The van der Waals surface area contributed by atoms with Crippen molar-refractivity contribution >= 4 is 19.8 Å². The fourth-order valence-corrected chi connectivity index (χ4v) is 7.36. The number of ether oxygens (including phenoxy) is 2. The van der Waals surface area contributed by atoms with E-state index in [1.54, 1.807) is 0 Å². The van der Waals surface area contributed by atoms with E-state index >= 15 is 0 Å². The SMILES string of the molecule is CCCC/C=C/CCCCCCCC(=O)OC[C@H](COP(=O)(O)OC1C(O)C(O)C(O)[C@@H](O)C1O)OC(=O)CCCCCCCCCCCCCCCC. The zero-order valence-corrected chi connectivity index (χ0v) is 34.2. The maximum absolute atomic E-state index is 12.8. The molecule has 6 unspecified atom stereocenters. The van der Waals surface area contributed by atoms with E-state index < -0.39 is 75.7 Å². The van der Waals surface area contributed by atoms with Crippen LogP contribution in [0, 0.1) is 0 Å². The summed E-state index contributed by atoms with van der Waals surface area (Å²) >= 11 is 0. The summed E-state index contributed by atoms with van der Waals surface area (Å²) in [6.45, 7) is 3.23. The summed E-state index contributed by atoms with van der Waals surface area (Å²) in [6, 6.07) is 0. The van der Waals surface area contributed by atoms with Gasteiger partial charge in [0, 0.05) is 12.8 Å². The Balaban J connectivity index is 2.51. The van der Waals surface area contributed by atoms with Crippen molar-refractivity contribution < 1.29 is 63.1 Å². The molecule has 0 spiro atoms. The summed E-state index contributed by atoms with van der Waals surface area (Å²) in [5.41, 5.74) is 0. The molecule has 0 aromatic heterocycles. The minimum Gasteiger partial charge on any atom is -0.462 e. The first-order valence-corrected chi connectivity index (χ1v) is 22.5. The van der Waals surface area contributed by atoms with Crippen LogP contribution in [0.4, 0.5) is 0 Å². The van der Waals surface area contributed by atoms with Crippen LogP contribution in [-0.4, -0.2) is 98.3 Å². The van der Waals surface area contributed by atoms with Gasteiger partial charge in [-0.2, -0.15) is 0 Å². The van der Waals surface area contributed by atoms with Gasteiger partial charge in [-0.05, 0) is 32.1 Å². The lowest BCUT2D eigenvalue weighted by Gasteiger charge is -2.41. The molecular weight excluding hydrogens is 719 g/mol. The first-order valence-electron chi connectivity index (χ1n) is 21.0. The number of rotatable bonds is 34. The molecule has 318 valence electrons. The average Bonchev–Trinajstić information content (AvgIpc) is 3.15. The molecule has 1 rings (SSSR count). The van der Waals surface area contributed by atoms with Crippen LogP contribution in [0.15, 0.2) is 12.2 Å². The van der Waals surface area contributed by atoms with E-state index in [1.165, 1.54) is 77.0 Å². The summed E-state index contributed by atoms with van der Waals surface area (Å²) in [7, 11) is -5.11. The van der Waals surface area contributed by atoms with Crippen LogP contribution in [0.2, 0.25) is 0 Å². The van der Waals surface area contributed by atoms with Crippen molar-refractivity contribution in [3.63, 3.8) is 0 Å². The first-order chi connectivity index (χ1) is 25.9. The van der Waals surface area contributed by atoms with Crippen LogP contribution >= 0.6 is 7.82 Å². The lowest BCUT2D eigenvalue weighted by Crippen LogP contribution is -2.64. The third-order valence-electron chi connectivity index (χ3n) is 9.86. The smallest absolute Gasteiger partial charge is 0.462 e. The molecule has 6 N–H and O–H groups in total. The lowest BCUT2D eigenvalue weighted by atomic mass is 9.85. The van der Waals surface area contributed by atoms with Gasteiger partial charge in [-0.1, -0.05) is 142 Å². The van der Waals surface area contributed by atoms with E-state index in [9.17, 15) is 44.6 Å². The number of allylic oxidation sites excluding steroid dienone is 2. The van der Waals surface area contributed by atoms with Gasteiger partial charge >= 0.3 is 19.8 Å². The van der Waals surface area contributed by atoms with Crippen molar-refractivity contribution in [1.29, 1.82) is 0 Å². The van der Waals surface area contributed by atoms with E-state index in [-0.39, 0.29) is 12.8 Å². The van der Waals surface area contributed by atoms with Crippen molar-refractivity contribution in [2.24, 2.45) is 0 Å². The highest BCUT2D eigenvalue weighted by Gasteiger charge is 2.51. The average molecular weight is 795 g/mol. The fraction of sp³-hybridized carbons (Fsp3) is 0.900. The number of aliphatic hydroxyl groups is 5. The van der Waals surface area contributed by atoms with Crippen LogP contribution in [-0.2, 0) is 32.7 Å². The molecule has 8 atom stereocenters. The zero-order valence-electron chi connectivity index (χ0n) is 33.3. The standard InChI is InChI=1S/C40H75O13P/c1-3-5-7-9-11-13-15-16-17-19-21-23-25-27-29-34(42)52-32(30-50-33(41)28-26-24-22-20-18-14-12-10-8-6-4-2)31-51-54(48,49)53-40-38(46)36(44)35(43)37(45)39(40)47/h10,12,32,35-40,43-47H,3-9,11,13-31H2,1-2H3,(H,48,49)/b12-10+/t32-,35?,36-,37?,38?,39?,40?/m1/s1. The number of esters is 2. The molecular formula is C40H75O13P. The minimum atomic E-state index is -5.11. The van der Waals surface area contributed by atoms with Crippen LogP contribution < -0.4 is 0 Å². The molecule has 14 heteroatoms. The predicted molar refractivity (Wildman–Crippen MR) is 207 cm³/mol. The summed E-state index contributed by atoms with van der Waals surface area (Å²) < 4.78 is 33.4. The van der Waals surface area contributed by atoms with Gasteiger partial charge in [0.25, 0.3) is 0 Å². The van der Waals surface area contributed by atoms with Crippen LogP contribution in [0.1, 0.15) is 174 Å². The first kappa shape index (κ1) is 50.6. The van der Waals surface area contributed by atoms with Gasteiger partial charge in [-0.3, -0.25) is 18.6 Å². The highest BCUT2D eigenvalue weighted by molar-refractivity contribution is 7.47. The molecule has 1 fully saturated rings. The Morgan fingerprint density at radius 3 is 1.46 bits per heavy atom. The summed E-state index contributed by atoms with van der Waals surface area (Å²) in [4.78, 5) is 35.5. The number of carbonyl (C=O) groups excluding carboxylic acids is 2. The molecule has 1 saturated carbocycles. The topological polar surface area (TPSA) is 210 Å². The van der Waals surface area contributed by atoms with Crippen molar-refractivity contribution in [1.82, 2.24) is 0 Å². The highest BCUT2D eigenvalue weighted by Crippen LogP contribution is 2.47. The molecule has 1 aliphatic carbocycles. The number of unbranched alkanes of at least 4 members (excludes halogenated alkanes) is 20. The number of hydrogen-bond acceptors (Lipinski definition) is 12. The number of phosphoric acid groups is 1. The maximum atomic E-state index is 12.8. The second-order valence-corrected chi connectivity index (χ2v) is 16.3. The summed E-state index contributed by atoms with van der Waals surface area (Å²) in [6.07, 6.45) is 17.1.